The standard InChI is InChI=1S/C43H75O9P/c1-3-5-7-8-9-10-11-12-13-14-15-16-17-22-25-28-32-36-43(45)51-39(38-50-53(46,47)48)37-49-42(44)35-31-27-24-21-19-18-20-23-26-30-34-41-40(52-41)33-29-6-4-2/h12-13,18,20-21,24,26,30,39-41H,3-11,14-17,19,22-23,25,27-29,31-38H2,1-2H3,(H2,46,47,48)/b13-12-,20-18-,24-21-,30-26-/t39-,40?,41?/m1/s1. The van der Waals surface area contributed by atoms with Crippen LogP contribution in [0.1, 0.15) is 181 Å². The Kier molecular flexibility index (Phi) is 31.9. The number of phosphoric ester groups is 1. The second-order valence-corrected chi connectivity index (χ2v) is 15.6. The molecule has 0 aliphatic carbocycles. The number of hydrogen-bond donors (Lipinski definition) is 2. The molecule has 3 atom stereocenters. The van der Waals surface area contributed by atoms with Gasteiger partial charge in [-0.3, -0.25) is 14.1 Å². The van der Waals surface area contributed by atoms with Crippen molar-refractivity contribution in [2.24, 2.45) is 0 Å². The second-order valence-electron chi connectivity index (χ2n) is 14.3. The highest BCUT2D eigenvalue weighted by Crippen LogP contribution is 2.36. The Morgan fingerprint density at radius 3 is 1.75 bits per heavy atom. The van der Waals surface area contributed by atoms with Crippen molar-refractivity contribution in [3.8, 4) is 0 Å². The molecule has 0 aromatic carbocycles. The van der Waals surface area contributed by atoms with Crippen molar-refractivity contribution in [1.82, 2.24) is 0 Å². The van der Waals surface area contributed by atoms with Gasteiger partial charge in [-0.15, -0.1) is 0 Å². The first-order valence-electron chi connectivity index (χ1n) is 21.1. The lowest BCUT2D eigenvalue weighted by Gasteiger charge is -2.18. The Morgan fingerprint density at radius 1 is 0.604 bits per heavy atom. The van der Waals surface area contributed by atoms with Crippen LogP contribution in [0.3, 0.4) is 0 Å². The minimum atomic E-state index is -4.77. The molecule has 1 heterocycles. The van der Waals surface area contributed by atoms with Crippen LogP contribution in [0, 0.1) is 0 Å². The summed E-state index contributed by atoms with van der Waals surface area (Å²) in [5.74, 6) is -0.960. The number of allylic oxidation sites excluding steroid dienone is 7. The monoisotopic (exact) mass is 767 g/mol. The normalized spacial score (nSPS) is 16.8. The van der Waals surface area contributed by atoms with E-state index in [-0.39, 0.29) is 19.4 Å². The van der Waals surface area contributed by atoms with Crippen molar-refractivity contribution in [2.75, 3.05) is 13.2 Å². The second kappa shape index (κ2) is 34.5. The van der Waals surface area contributed by atoms with Gasteiger partial charge in [0.1, 0.15) is 6.61 Å². The van der Waals surface area contributed by atoms with Crippen LogP contribution in [0.4, 0.5) is 0 Å². The Balaban J connectivity index is 2.10. The van der Waals surface area contributed by atoms with Gasteiger partial charge in [0.05, 0.1) is 18.8 Å². The van der Waals surface area contributed by atoms with E-state index >= 15 is 0 Å². The fourth-order valence-electron chi connectivity index (χ4n) is 5.98. The maximum absolute atomic E-state index is 12.4. The molecule has 0 aromatic rings. The van der Waals surface area contributed by atoms with Gasteiger partial charge in [-0.05, 0) is 70.6 Å². The van der Waals surface area contributed by atoms with Crippen LogP contribution >= 0.6 is 7.82 Å². The average molecular weight is 767 g/mol. The van der Waals surface area contributed by atoms with E-state index in [2.05, 4.69) is 60.9 Å². The number of epoxide rings is 1. The molecule has 0 radical (unpaired) electrons. The number of esters is 2. The van der Waals surface area contributed by atoms with E-state index in [0.29, 0.717) is 25.0 Å². The third kappa shape index (κ3) is 34.2. The highest BCUT2D eigenvalue weighted by Gasteiger charge is 2.36. The smallest absolute Gasteiger partial charge is 0.462 e. The van der Waals surface area contributed by atoms with E-state index < -0.39 is 32.5 Å². The van der Waals surface area contributed by atoms with Crippen LogP contribution in [0.25, 0.3) is 0 Å². The van der Waals surface area contributed by atoms with Crippen molar-refractivity contribution >= 4 is 19.8 Å². The highest BCUT2D eigenvalue weighted by molar-refractivity contribution is 7.46. The predicted octanol–water partition coefficient (Wildman–Crippen LogP) is 11.7. The molecule has 2 unspecified atom stereocenters. The molecule has 306 valence electrons. The lowest BCUT2D eigenvalue weighted by Crippen LogP contribution is -2.29. The number of rotatable bonds is 37. The maximum Gasteiger partial charge on any atom is 0.469 e. The molecule has 53 heavy (non-hydrogen) atoms. The van der Waals surface area contributed by atoms with E-state index in [1.165, 1.54) is 89.9 Å². The third-order valence-corrected chi connectivity index (χ3v) is 9.73. The van der Waals surface area contributed by atoms with E-state index in [9.17, 15) is 14.2 Å². The van der Waals surface area contributed by atoms with Crippen LogP contribution in [0.15, 0.2) is 48.6 Å². The summed E-state index contributed by atoms with van der Waals surface area (Å²) in [4.78, 5) is 42.8. The fraction of sp³-hybridized carbons (Fsp3) is 0.767. The summed E-state index contributed by atoms with van der Waals surface area (Å²) in [6, 6.07) is 0. The van der Waals surface area contributed by atoms with Gasteiger partial charge in [0.15, 0.2) is 6.10 Å². The molecule has 9 nitrogen and oxygen atoms in total. The minimum Gasteiger partial charge on any atom is -0.462 e. The summed E-state index contributed by atoms with van der Waals surface area (Å²) in [5.41, 5.74) is 0. The Morgan fingerprint density at radius 2 is 1.11 bits per heavy atom. The number of carbonyl (C=O) groups is 2. The van der Waals surface area contributed by atoms with Crippen molar-refractivity contribution < 1.29 is 42.7 Å². The van der Waals surface area contributed by atoms with Crippen LogP contribution in [0.5, 0.6) is 0 Å². The van der Waals surface area contributed by atoms with Gasteiger partial charge >= 0.3 is 19.8 Å². The largest absolute Gasteiger partial charge is 0.469 e. The SMILES string of the molecule is CCCCCCCC/C=C\CCCCCCCCCC(=O)O[C@H](COC(=O)CCC/C=C\C/C=C\C/C=C\CC1OC1CCCCC)COP(=O)(O)O. The van der Waals surface area contributed by atoms with E-state index in [1.54, 1.807) is 0 Å². The Bertz CT molecular complexity index is 1060. The minimum absolute atomic E-state index is 0.186. The average Bonchev–Trinajstić information content (AvgIpc) is 3.88. The lowest BCUT2D eigenvalue weighted by molar-refractivity contribution is -0.161. The molecule has 0 saturated carbocycles. The number of phosphoric acid groups is 1. The summed E-state index contributed by atoms with van der Waals surface area (Å²) in [7, 11) is -4.77. The Hall–Kier alpha value is -2.03. The van der Waals surface area contributed by atoms with Crippen molar-refractivity contribution in [1.29, 1.82) is 0 Å². The number of carbonyl (C=O) groups excluding carboxylic acids is 2. The molecule has 1 rings (SSSR count). The zero-order valence-corrected chi connectivity index (χ0v) is 34.2. The van der Waals surface area contributed by atoms with Gasteiger partial charge < -0.3 is 24.0 Å². The van der Waals surface area contributed by atoms with Gasteiger partial charge in [-0.1, -0.05) is 146 Å². The molecule has 1 fully saturated rings. The molecule has 10 heteroatoms. The third-order valence-electron chi connectivity index (χ3n) is 9.24. The Labute approximate surface area is 322 Å². The molecule has 1 aliphatic rings. The molecule has 0 amide bonds. The van der Waals surface area contributed by atoms with Gasteiger partial charge in [0, 0.05) is 12.8 Å². The van der Waals surface area contributed by atoms with Gasteiger partial charge in [-0.2, -0.15) is 0 Å². The molecule has 1 saturated heterocycles. The summed E-state index contributed by atoms with van der Waals surface area (Å²) in [5, 5.41) is 0. The summed E-state index contributed by atoms with van der Waals surface area (Å²) >= 11 is 0. The summed E-state index contributed by atoms with van der Waals surface area (Å²) in [6.07, 6.45) is 44.4. The summed E-state index contributed by atoms with van der Waals surface area (Å²) < 4.78 is 32.1. The van der Waals surface area contributed by atoms with Gasteiger partial charge in [0.2, 0.25) is 0 Å². The zero-order valence-electron chi connectivity index (χ0n) is 33.3. The number of hydrogen-bond acceptors (Lipinski definition) is 7. The van der Waals surface area contributed by atoms with Gasteiger partial charge in [0.25, 0.3) is 0 Å². The predicted molar refractivity (Wildman–Crippen MR) is 215 cm³/mol. The first-order chi connectivity index (χ1) is 25.7. The van der Waals surface area contributed by atoms with E-state index in [4.69, 9.17) is 24.0 Å². The zero-order chi connectivity index (χ0) is 38.7. The van der Waals surface area contributed by atoms with Crippen LogP contribution in [-0.2, 0) is 32.9 Å². The first kappa shape index (κ1) is 49.0. The molecule has 1 aliphatic heterocycles. The molecule has 0 spiro atoms. The highest BCUT2D eigenvalue weighted by atomic mass is 31.2. The first-order valence-corrected chi connectivity index (χ1v) is 22.6. The van der Waals surface area contributed by atoms with E-state index in [1.807, 2.05) is 6.08 Å². The number of unbranched alkanes of at least 4 members (excludes halogenated alkanes) is 16. The number of ether oxygens (including phenoxy) is 3. The molecular weight excluding hydrogens is 691 g/mol. The fourth-order valence-corrected chi connectivity index (χ4v) is 6.34. The van der Waals surface area contributed by atoms with Crippen LogP contribution < -0.4 is 0 Å². The molecular formula is C43H75O9P. The van der Waals surface area contributed by atoms with Crippen molar-refractivity contribution in [3.05, 3.63) is 48.6 Å². The molecule has 0 aromatic heterocycles. The maximum atomic E-state index is 12.4. The van der Waals surface area contributed by atoms with E-state index in [0.717, 1.165) is 51.4 Å². The quantitative estimate of drug-likeness (QED) is 0.0208. The van der Waals surface area contributed by atoms with Crippen LogP contribution in [-0.4, -0.2) is 53.3 Å². The lowest BCUT2D eigenvalue weighted by atomic mass is 10.1. The summed E-state index contributed by atoms with van der Waals surface area (Å²) in [6.45, 7) is 3.60. The van der Waals surface area contributed by atoms with Crippen molar-refractivity contribution in [2.45, 2.75) is 199 Å². The van der Waals surface area contributed by atoms with Crippen molar-refractivity contribution in [3.63, 3.8) is 0 Å². The van der Waals surface area contributed by atoms with Crippen LogP contribution in [0.2, 0.25) is 0 Å². The van der Waals surface area contributed by atoms with Gasteiger partial charge in [-0.25, -0.2) is 4.57 Å². The molecule has 2 N–H and O–H groups in total. The topological polar surface area (TPSA) is 132 Å². The molecule has 0 bridgehead atoms.